The molecule has 3 heterocycles. The van der Waals surface area contributed by atoms with Crippen molar-refractivity contribution in [3.05, 3.63) is 64.5 Å². The van der Waals surface area contributed by atoms with Crippen LogP contribution in [0.25, 0.3) is 11.4 Å². The van der Waals surface area contributed by atoms with Crippen LogP contribution in [0.3, 0.4) is 0 Å². The first kappa shape index (κ1) is 22.2. The summed E-state index contributed by atoms with van der Waals surface area (Å²) < 4.78 is 3.57. The normalized spacial score (nSPS) is 22.0. The summed E-state index contributed by atoms with van der Waals surface area (Å²) in [5.74, 6) is 0.686. The van der Waals surface area contributed by atoms with Crippen molar-refractivity contribution in [2.75, 3.05) is 0 Å². The Morgan fingerprint density at radius 2 is 2.18 bits per heavy atom. The molecule has 1 aliphatic carbocycles. The Morgan fingerprint density at radius 1 is 1.26 bits per heavy atom. The molecule has 2 aliphatic rings. The number of aromatic amines is 1. The van der Waals surface area contributed by atoms with E-state index >= 15 is 0 Å². The highest BCUT2D eigenvalue weighted by Crippen LogP contribution is 2.35. The number of benzene rings is 1. The van der Waals surface area contributed by atoms with Crippen molar-refractivity contribution in [1.29, 1.82) is 0 Å². The summed E-state index contributed by atoms with van der Waals surface area (Å²) in [6, 6.07) is 7.72. The molecule has 2 aromatic heterocycles. The number of ketones is 1. The van der Waals surface area contributed by atoms with Gasteiger partial charge >= 0.3 is 5.69 Å². The molecule has 176 valence electrons. The predicted molar refractivity (Wildman–Crippen MR) is 129 cm³/mol. The number of tetrazole rings is 1. The lowest BCUT2D eigenvalue weighted by Gasteiger charge is -2.32. The third-order valence-electron chi connectivity index (χ3n) is 7.00. The van der Waals surface area contributed by atoms with Crippen molar-refractivity contribution in [3.8, 4) is 11.4 Å². The number of allylic oxidation sites excluding steroid dienone is 1. The maximum atomic E-state index is 13.7. The number of aryl methyl sites for hydroxylation is 1. The minimum atomic E-state index is -0.460. The quantitative estimate of drug-likeness (QED) is 0.555. The van der Waals surface area contributed by atoms with Crippen molar-refractivity contribution >= 4 is 12.0 Å². The van der Waals surface area contributed by atoms with E-state index in [4.69, 9.17) is 0 Å². The van der Waals surface area contributed by atoms with E-state index in [1.807, 2.05) is 29.1 Å². The molecule has 34 heavy (non-hydrogen) atoms. The standard InChI is InChI=1S/C25H29N7O2/c1-2-3-8-20-16-31(21-9-5-10-22(21)33)24(34)32(20)17-25(11-13-26-14-12-25)19-7-4-6-18(15-19)23-27-29-30-28-23/h4,6-7,11,13-16,21H,2-3,5,8-10,12,17H2,1H3,(H,27,28,29,30). The fourth-order valence-electron chi connectivity index (χ4n) is 5.08. The van der Waals surface area contributed by atoms with Crippen LogP contribution < -0.4 is 5.69 Å². The van der Waals surface area contributed by atoms with Gasteiger partial charge in [0.2, 0.25) is 5.82 Å². The summed E-state index contributed by atoms with van der Waals surface area (Å²) in [5, 5.41) is 14.4. The highest BCUT2D eigenvalue weighted by molar-refractivity contribution is 5.84. The highest BCUT2D eigenvalue weighted by atomic mass is 16.2. The zero-order valence-corrected chi connectivity index (χ0v) is 19.4. The number of imidazole rings is 1. The largest absolute Gasteiger partial charge is 0.329 e. The van der Waals surface area contributed by atoms with E-state index in [-0.39, 0.29) is 17.5 Å². The molecule has 0 bridgehead atoms. The summed E-state index contributed by atoms with van der Waals surface area (Å²) in [4.78, 5) is 30.4. The van der Waals surface area contributed by atoms with Crippen molar-refractivity contribution in [1.82, 2.24) is 29.8 Å². The molecule has 1 aromatic carbocycles. The van der Waals surface area contributed by atoms with Gasteiger partial charge in [-0.25, -0.2) is 4.79 Å². The van der Waals surface area contributed by atoms with Crippen molar-refractivity contribution < 1.29 is 4.79 Å². The number of unbranched alkanes of at least 4 members (excludes halogenated alkanes) is 1. The summed E-state index contributed by atoms with van der Waals surface area (Å²) in [6.07, 6.45) is 13.3. The number of carbonyl (C=O) groups is 1. The minimum Gasteiger partial charge on any atom is -0.297 e. The van der Waals surface area contributed by atoms with Gasteiger partial charge in [-0.1, -0.05) is 37.6 Å². The number of hydrogen-bond donors (Lipinski definition) is 1. The SMILES string of the molecule is CCCCc1cn(C2CCCC2=O)c(=O)n1CC1(c2cccc(-c3nn[nH]n3)c2)C=CN=CC1. The first-order chi connectivity index (χ1) is 16.6. The van der Waals surface area contributed by atoms with Gasteiger partial charge in [0.15, 0.2) is 5.78 Å². The van der Waals surface area contributed by atoms with Gasteiger partial charge < -0.3 is 0 Å². The van der Waals surface area contributed by atoms with Crippen LogP contribution in [-0.4, -0.2) is 41.8 Å². The number of nitrogens with one attached hydrogen (secondary N) is 1. The van der Waals surface area contributed by atoms with Crippen molar-refractivity contribution in [2.45, 2.75) is 69.9 Å². The van der Waals surface area contributed by atoms with Gasteiger partial charge in [-0.15, -0.1) is 10.2 Å². The summed E-state index contributed by atoms with van der Waals surface area (Å²) >= 11 is 0. The van der Waals surface area contributed by atoms with Crippen LogP contribution in [0.4, 0.5) is 0 Å². The number of Topliss-reactive ketones (excluding diaryl/α,β-unsaturated/α-hetero) is 1. The summed E-state index contributed by atoms with van der Waals surface area (Å²) in [7, 11) is 0. The van der Waals surface area contributed by atoms with Gasteiger partial charge in [0.25, 0.3) is 0 Å². The molecule has 2 unspecified atom stereocenters. The number of aromatic nitrogens is 6. The number of H-pyrrole nitrogens is 1. The van der Waals surface area contributed by atoms with Crippen LogP contribution in [0.2, 0.25) is 0 Å². The van der Waals surface area contributed by atoms with Crippen LogP contribution >= 0.6 is 0 Å². The molecule has 1 fully saturated rings. The molecule has 9 heteroatoms. The number of hydrogen-bond acceptors (Lipinski definition) is 6. The van der Waals surface area contributed by atoms with E-state index in [0.717, 1.165) is 48.9 Å². The molecular weight excluding hydrogens is 430 g/mol. The molecular formula is C25H29N7O2. The second-order valence-corrected chi connectivity index (χ2v) is 9.20. The van der Waals surface area contributed by atoms with Crippen LogP contribution in [0.15, 0.2) is 52.5 Å². The topological polar surface area (TPSA) is 111 Å². The van der Waals surface area contributed by atoms with Gasteiger partial charge in [0.1, 0.15) is 0 Å². The summed E-state index contributed by atoms with van der Waals surface area (Å²) in [6.45, 7) is 2.61. The van der Waals surface area contributed by atoms with Gasteiger partial charge in [0, 0.05) is 48.2 Å². The monoisotopic (exact) mass is 459 g/mol. The Labute approximate surface area is 197 Å². The molecule has 0 amide bonds. The van der Waals surface area contributed by atoms with Crippen LogP contribution in [-0.2, 0) is 23.2 Å². The minimum absolute atomic E-state index is 0.101. The van der Waals surface area contributed by atoms with Crippen molar-refractivity contribution in [2.24, 2.45) is 4.99 Å². The average molecular weight is 460 g/mol. The van der Waals surface area contributed by atoms with Gasteiger partial charge in [-0.2, -0.15) is 5.21 Å². The highest BCUT2D eigenvalue weighted by Gasteiger charge is 2.34. The average Bonchev–Trinajstić information content (AvgIpc) is 3.61. The third kappa shape index (κ3) is 4.06. The Morgan fingerprint density at radius 3 is 2.88 bits per heavy atom. The van der Waals surface area contributed by atoms with Gasteiger partial charge in [-0.05, 0) is 48.9 Å². The lowest BCUT2D eigenvalue weighted by Crippen LogP contribution is -2.38. The number of carbonyl (C=O) groups excluding carboxylic acids is 1. The van der Waals surface area contributed by atoms with E-state index in [9.17, 15) is 9.59 Å². The first-order valence-electron chi connectivity index (χ1n) is 12.0. The van der Waals surface area contributed by atoms with Gasteiger partial charge in [0.05, 0.1) is 6.04 Å². The lowest BCUT2D eigenvalue weighted by atomic mass is 9.76. The smallest absolute Gasteiger partial charge is 0.297 e. The van der Waals surface area contributed by atoms with Gasteiger partial charge in [-0.3, -0.25) is 18.9 Å². The first-order valence-corrected chi connectivity index (χ1v) is 12.0. The fourth-order valence-corrected chi connectivity index (χ4v) is 5.08. The third-order valence-corrected chi connectivity index (χ3v) is 7.00. The Hall–Kier alpha value is -3.62. The Bertz CT molecular complexity index is 1280. The van der Waals surface area contributed by atoms with Crippen molar-refractivity contribution in [3.63, 3.8) is 0 Å². The zero-order valence-electron chi connectivity index (χ0n) is 19.4. The molecule has 2 atom stereocenters. The van der Waals surface area contributed by atoms with Crippen LogP contribution in [0.5, 0.6) is 0 Å². The molecule has 1 N–H and O–H groups in total. The van der Waals surface area contributed by atoms with E-state index in [1.165, 1.54) is 0 Å². The molecule has 3 aromatic rings. The molecule has 0 radical (unpaired) electrons. The van der Waals surface area contributed by atoms with E-state index in [1.54, 1.807) is 10.8 Å². The Balaban J connectivity index is 1.58. The summed E-state index contributed by atoms with van der Waals surface area (Å²) in [5.41, 5.74) is 2.33. The fraction of sp³-hybridized carbons (Fsp3) is 0.440. The van der Waals surface area contributed by atoms with E-state index in [2.05, 4.69) is 50.7 Å². The molecule has 0 saturated heterocycles. The number of rotatable bonds is 8. The maximum Gasteiger partial charge on any atom is 0.329 e. The Kier molecular flexibility index (Phi) is 6.08. The maximum absolute atomic E-state index is 13.7. The number of aliphatic imine (C=N–C) groups is 1. The second kappa shape index (κ2) is 9.32. The van der Waals surface area contributed by atoms with Crippen LogP contribution in [0.1, 0.15) is 62.7 Å². The van der Waals surface area contributed by atoms with E-state index in [0.29, 0.717) is 25.2 Å². The number of nitrogens with zero attached hydrogens (tertiary/aromatic N) is 6. The second-order valence-electron chi connectivity index (χ2n) is 9.20. The zero-order chi connectivity index (χ0) is 23.5. The van der Waals surface area contributed by atoms with E-state index < -0.39 is 5.41 Å². The lowest BCUT2D eigenvalue weighted by molar-refractivity contribution is -0.120. The molecule has 1 saturated carbocycles. The molecule has 0 spiro atoms. The predicted octanol–water partition coefficient (Wildman–Crippen LogP) is 3.39. The molecule has 5 rings (SSSR count). The molecule has 9 nitrogen and oxygen atoms in total. The molecule has 1 aliphatic heterocycles. The van der Waals surface area contributed by atoms with Crippen LogP contribution in [0, 0.1) is 0 Å².